The number of nitrogens with zero attached hydrogens (tertiary/aromatic N) is 3. The molecule has 5 rings (SSSR count). The molecular formula is C30H30N4O7. The number of ketones is 4. The van der Waals surface area contributed by atoms with Gasteiger partial charge in [-0.05, 0) is 62.5 Å². The minimum absolute atomic E-state index is 0.0151. The molecule has 1 amide bonds. The van der Waals surface area contributed by atoms with E-state index >= 15 is 0 Å². The molecule has 2 aromatic rings. The molecule has 3 aliphatic carbocycles. The van der Waals surface area contributed by atoms with Gasteiger partial charge in [0.15, 0.2) is 34.7 Å². The molecule has 6 unspecified atom stereocenters. The fourth-order valence-corrected chi connectivity index (χ4v) is 6.71. The van der Waals surface area contributed by atoms with Crippen molar-refractivity contribution in [3.05, 3.63) is 52.8 Å². The van der Waals surface area contributed by atoms with E-state index in [1.165, 1.54) is 4.90 Å². The Morgan fingerprint density at radius 3 is 2.39 bits per heavy atom. The van der Waals surface area contributed by atoms with Gasteiger partial charge in [-0.3, -0.25) is 28.9 Å². The number of aromatic nitrogens is 1. The molecule has 0 aliphatic heterocycles. The molecule has 2 saturated carbocycles. The first-order valence-electron chi connectivity index (χ1n) is 13.1. The predicted molar refractivity (Wildman–Crippen MR) is 146 cm³/mol. The van der Waals surface area contributed by atoms with E-state index < -0.39 is 70.1 Å². The second-order valence-electron chi connectivity index (χ2n) is 11.3. The molecule has 0 saturated heterocycles. The summed E-state index contributed by atoms with van der Waals surface area (Å²) in [7, 11) is 6.64. The van der Waals surface area contributed by atoms with E-state index in [0.29, 0.717) is 16.9 Å². The summed E-state index contributed by atoms with van der Waals surface area (Å²) in [6, 6.07) is 5.69. The van der Waals surface area contributed by atoms with E-state index in [9.17, 15) is 34.2 Å². The second kappa shape index (κ2) is 9.90. The molecule has 11 heteroatoms. The number of anilines is 1. The highest BCUT2D eigenvalue weighted by Crippen LogP contribution is 2.52. The zero-order valence-corrected chi connectivity index (χ0v) is 23.0. The van der Waals surface area contributed by atoms with Crippen LogP contribution in [-0.4, -0.2) is 89.0 Å². The Labute approximate surface area is 236 Å². The van der Waals surface area contributed by atoms with Gasteiger partial charge in [0.2, 0.25) is 5.91 Å². The van der Waals surface area contributed by atoms with Crippen LogP contribution in [0.5, 0.6) is 5.75 Å². The SMILES string of the molecule is CN(C)c1cc(C#Cc2ccccn2)c(O)c2c1CC1CC3C(N(C)C)C(=O)C(C(N)=O)C(=O)C3(O)C(=O)C1C2=O. The number of aliphatic hydroxyl groups is 1. The lowest BCUT2D eigenvalue weighted by atomic mass is 9.52. The van der Waals surface area contributed by atoms with Crippen LogP contribution in [0.4, 0.5) is 5.69 Å². The Hall–Kier alpha value is -4.40. The number of pyridine rings is 1. The van der Waals surface area contributed by atoms with Crippen LogP contribution in [0.3, 0.4) is 0 Å². The number of hydrogen-bond acceptors (Lipinski definition) is 10. The molecule has 11 nitrogen and oxygen atoms in total. The smallest absolute Gasteiger partial charge is 0.235 e. The van der Waals surface area contributed by atoms with Crippen molar-refractivity contribution >= 4 is 34.7 Å². The van der Waals surface area contributed by atoms with Crippen molar-refractivity contribution in [1.82, 2.24) is 9.88 Å². The molecule has 0 radical (unpaired) electrons. The van der Waals surface area contributed by atoms with Gasteiger partial charge >= 0.3 is 0 Å². The maximum absolute atomic E-state index is 14.1. The zero-order chi connectivity index (χ0) is 30.0. The van der Waals surface area contributed by atoms with Crippen molar-refractivity contribution in [1.29, 1.82) is 0 Å². The van der Waals surface area contributed by atoms with E-state index in [1.807, 2.05) is 0 Å². The molecular weight excluding hydrogens is 528 g/mol. The van der Waals surface area contributed by atoms with Gasteiger partial charge in [0.25, 0.3) is 0 Å². The third-order valence-corrected chi connectivity index (χ3v) is 8.51. The fourth-order valence-electron chi connectivity index (χ4n) is 6.71. The molecule has 1 aromatic heterocycles. The minimum Gasteiger partial charge on any atom is -0.506 e. The molecule has 41 heavy (non-hydrogen) atoms. The van der Waals surface area contributed by atoms with Crippen LogP contribution in [0.25, 0.3) is 0 Å². The summed E-state index contributed by atoms with van der Waals surface area (Å²) >= 11 is 0. The molecule has 6 atom stereocenters. The van der Waals surface area contributed by atoms with Crippen molar-refractivity contribution in [2.45, 2.75) is 24.5 Å². The number of likely N-dealkylation sites (N-methyl/N-ethyl adjacent to an activating group) is 1. The van der Waals surface area contributed by atoms with Crippen molar-refractivity contribution in [2.24, 2.45) is 29.4 Å². The summed E-state index contributed by atoms with van der Waals surface area (Å²) in [6.07, 6.45) is 1.72. The van der Waals surface area contributed by atoms with Crippen LogP contribution in [0, 0.1) is 35.5 Å². The van der Waals surface area contributed by atoms with E-state index in [-0.39, 0.29) is 24.0 Å². The molecule has 212 valence electrons. The number of carbonyl (C=O) groups is 5. The molecule has 3 aliphatic rings. The van der Waals surface area contributed by atoms with Crippen molar-refractivity contribution in [3.63, 3.8) is 0 Å². The number of fused-ring (bicyclic) bond motifs is 3. The van der Waals surface area contributed by atoms with Crippen LogP contribution in [0.15, 0.2) is 30.5 Å². The molecule has 0 spiro atoms. The summed E-state index contributed by atoms with van der Waals surface area (Å²) < 4.78 is 0. The van der Waals surface area contributed by atoms with E-state index in [4.69, 9.17) is 5.73 Å². The first-order valence-corrected chi connectivity index (χ1v) is 13.1. The maximum atomic E-state index is 14.1. The predicted octanol–water partition coefficient (Wildman–Crippen LogP) is -0.272. The Bertz CT molecular complexity index is 1570. The Morgan fingerprint density at radius 2 is 1.80 bits per heavy atom. The zero-order valence-electron chi connectivity index (χ0n) is 23.0. The largest absolute Gasteiger partial charge is 0.506 e. The van der Waals surface area contributed by atoms with Crippen molar-refractivity contribution < 1.29 is 34.2 Å². The highest BCUT2D eigenvalue weighted by Gasteiger charge is 2.69. The monoisotopic (exact) mass is 558 g/mol. The van der Waals surface area contributed by atoms with Crippen LogP contribution < -0.4 is 10.6 Å². The quantitative estimate of drug-likeness (QED) is 0.336. The Kier molecular flexibility index (Phi) is 6.80. The number of aromatic hydroxyl groups is 1. The van der Waals surface area contributed by atoms with Gasteiger partial charge < -0.3 is 20.8 Å². The van der Waals surface area contributed by atoms with Crippen LogP contribution in [-0.2, 0) is 25.6 Å². The number of carbonyl (C=O) groups excluding carboxylic acids is 5. The average molecular weight is 559 g/mol. The molecule has 2 fully saturated rings. The van der Waals surface area contributed by atoms with E-state index in [1.54, 1.807) is 63.6 Å². The average Bonchev–Trinajstić information content (AvgIpc) is 2.90. The lowest BCUT2D eigenvalue weighted by Crippen LogP contribution is -2.74. The second-order valence-corrected chi connectivity index (χ2v) is 11.3. The number of amides is 1. The summed E-state index contributed by atoms with van der Waals surface area (Å²) in [6.45, 7) is 0. The standard InChI is InChI=1S/C30H30N4O7/c1-33(2)19-13-14(8-9-16-7-5-6-10-32-16)24(35)21-17(19)11-15-12-18-23(34(3)4)26(37)22(29(31)40)28(39)30(18,41)27(38)20(15)25(21)36/h5-7,10,13,15,18,20,22-23,35,41H,11-12H2,1-4H3,(H2,31,40). The first-order chi connectivity index (χ1) is 19.3. The van der Waals surface area contributed by atoms with E-state index in [2.05, 4.69) is 16.8 Å². The third-order valence-electron chi connectivity index (χ3n) is 8.51. The topological polar surface area (TPSA) is 171 Å². The number of primary amides is 1. The number of phenols is 1. The highest BCUT2D eigenvalue weighted by molar-refractivity contribution is 6.32. The number of nitrogens with two attached hydrogens (primary N) is 1. The van der Waals surface area contributed by atoms with Crippen molar-refractivity contribution in [2.75, 3.05) is 33.1 Å². The number of rotatable bonds is 3. The number of hydrogen-bond donors (Lipinski definition) is 3. The minimum atomic E-state index is -2.77. The summed E-state index contributed by atoms with van der Waals surface area (Å²) in [5.74, 6) is -5.22. The number of benzene rings is 1. The third kappa shape index (κ3) is 4.13. The van der Waals surface area contributed by atoms with Gasteiger partial charge in [-0.2, -0.15) is 0 Å². The number of phenolic OH excluding ortho intramolecular Hbond substituents is 1. The molecule has 1 heterocycles. The molecule has 0 bridgehead atoms. The van der Waals surface area contributed by atoms with Crippen LogP contribution in [0.1, 0.15) is 33.6 Å². The van der Waals surface area contributed by atoms with E-state index in [0.717, 1.165) is 0 Å². The molecule has 4 N–H and O–H groups in total. The summed E-state index contributed by atoms with van der Waals surface area (Å²) in [5.41, 5.74) is 4.20. The van der Waals surface area contributed by atoms with Gasteiger partial charge in [0.1, 0.15) is 11.4 Å². The lowest BCUT2D eigenvalue weighted by molar-refractivity contribution is -0.181. The van der Waals surface area contributed by atoms with Gasteiger partial charge in [0, 0.05) is 31.9 Å². The van der Waals surface area contributed by atoms with Crippen LogP contribution in [0.2, 0.25) is 0 Å². The van der Waals surface area contributed by atoms with Crippen molar-refractivity contribution in [3.8, 4) is 17.6 Å². The van der Waals surface area contributed by atoms with Gasteiger partial charge in [-0.1, -0.05) is 12.0 Å². The summed E-state index contributed by atoms with van der Waals surface area (Å²) in [4.78, 5) is 74.2. The first kappa shape index (κ1) is 28.1. The van der Waals surface area contributed by atoms with Gasteiger partial charge in [-0.25, -0.2) is 4.98 Å². The molecule has 1 aromatic carbocycles. The fraction of sp³-hybridized carbons (Fsp3) is 0.400. The summed E-state index contributed by atoms with van der Waals surface area (Å²) in [5, 5.41) is 23.0. The Morgan fingerprint density at radius 1 is 1.10 bits per heavy atom. The maximum Gasteiger partial charge on any atom is 0.235 e. The van der Waals surface area contributed by atoms with Gasteiger partial charge in [-0.15, -0.1) is 0 Å². The van der Waals surface area contributed by atoms with Gasteiger partial charge in [0.05, 0.1) is 23.1 Å². The lowest BCUT2D eigenvalue weighted by Gasteiger charge is -2.52. The highest BCUT2D eigenvalue weighted by atomic mass is 16.3. The number of Topliss-reactive ketones (excluding diaryl/α,β-unsaturated/α-hetero) is 4. The van der Waals surface area contributed by atoms with Crippen LogP contribution >= 0.6 is 0 Å². The Balaban J connectivity index is 1.65. The normalized spacial score (nSPS) is 28.8.